The van der Waals surface area contributed by atoms with Crippen molar-refractivity contribution < 1.29 is 9.53 Å². The van der Waals surface area contributed by atoms with Crippen LogP contribution in [0.1, 0.15) is 24.8 Å². The Labute approximate surface area is 146 Å². The van der Waals surface area contributed by atoms with Crippen molar-refractivity contribution in [3.8, 4) is 5.75 Å². The van der Waals surface area contributed by atoms with E-state index in [9.17, 15) is 4.79 Å². The van der Waals surface area contributed by atoms with E-state index >= 15 is 0 Å². The van der Waals surface area contributed by atoms with Crippen LogP contribution in [0, 0.1) is 12.8 Å². The molecule has 1 atom stereocenters. The maximum absolute atomic E-state index is 11.8. The number of carbonyl (C=O) groups is 1. The highest BCUT2D eigenvalue weighted by atomic mass is 79.9. The highest BCUT2D eigenvalue weighted by Gasteiger charge is 2.13. The first-order valence-corrected chi connectivity index (χ1v) is 8.31. The summed E-state index contributed by atoms with van der Waals surface area (Å²) in [5.74, 6) is 1.41. The fraction of sp³-hybridized carbons (Fsp3) is 0.562. The zero-order valence-corrected chi connectivity index (χ0v) is 15.3. The number of rotatable bonds is 6. The van der Waals surface area contributed by atoms with Crippen LogP contribution in [-0.4, -0.2) is 32.1 Å². The van der Waals surface area contributed by atoms with Crippen LogP contribution < -0.4 is 15.4 Å². The second-order valence-corrected chi connectivity index (χ2v) is 6.40. The van der Waals surface area contributed by atoms with Gasteiger partial charge in [0.05, 0.1) is 17.5 Å². The molecule has 0 radical (unpaired) electrons. The smallest absolute Gasteiger partial charge is 0.223 e. The number of nitrogens with one attached hydrogen (secondary N) is 2. The molecule has 1 aliphatic heterocycles. The van der Waals surface area contributed by atoms with Crippen molar-refractivity contribution in [1.29, 1.82) is 0 Å². The molecule has 0 saturated carbocycles. The molecule has 0 aromatic heterocycles. The molecule has 2 N–H and O–H groups in total. The molecular formula is C16H24BrClN2O2. The van der Waals surface area contributed by atoms with E-state index in [-0.39, 0.29) is 18.3 Å². The number of ether oxygens (including phenoxy) is 1. The predicted octanol–water partition coefficient (Wildman–Crippen LogP) is 3.06. The topological polar surface area (TPSA) is 50.4 Å². The first kappa shape index (κ1) is 19.3. The minimum absolute atomic E-state index is 0. The third kappa shape index (κ3) is 6.55. The van der Waals surface area contributed by atoms with Crippen molar-refractivity contribution in [1.82, 2.24) is 10.6 Å². The van der Waals surface area contributed by atoms with Crippen molar-refractivity contribution in [3.05, 3.63) is 28.2 Å². The fourth-order valence-electron chi connectivity index (χ4n) is 2.42. The van der Waals surface area contributed by atoms with Crippen molar-refractivity contribution >= 4 is 34.2 Å². The van der Waals surface area contributed by atoms with E-state index < -0.39 is 0 Å². The van der Waals surface area contributed by atoms with E-state index in [0.717, 1.165) is 29.9 Å². The molecule has 0 aliphatic carbocycles. The van der Waals surface area contributed by atoms with Crippen LogP contribution in [0.5, 0.6) is 5.75 Å². The van der Waals surface area contributed by atoms with Crippen LogP contribution >= 0.6 is 28.3 Å². The summed E-state index contributed by atoms with van der Waals surface area (Å²) in [7, 11) is 0. The van der Waals surface area contributed by atoms with Gasteiger partial charge < -0.3 is 15.4 Å². The molecule has 1 aliphatic rings. The summed E-state index contributed by atoms with van der Waals surface area (Å²) in [5.41, 5.74) is 1.17. The zero-order valence-electron chi connectivity index (χ0n) is 12.9. The summed E-state index contributed by atoms with van der Waals surface area (Å²) >= 11 is 3.46. The SMILES string of the molecule is Cc1ccc(OCCC(=O)NCC2CCCNC2)c(Br)c1.Cl. The van der Waals surface area contributed by atoms with E-state index in [0.29, 0.717) is 18.9 Å². The van der Waals surface area contributed by atoms with Gasteiger partial charge in [0.15, 0.2) is 0 Å². The van der Waals surface area contributed by atoms with Gasteiger partial charge in [0.2, 0.25) is 5.91 Å². The highest BCUT2D eigenvalue weighted by molar-refractivity contribution is 9.10. The first-order chi connectivity index (χ1) is 10.1. The molecular weight excluding hydrogens is 368 g/mol. The van der Waals surface area contributed by atoms with Crippen molar-refractivity contribution in [2.45, 2.75) is 26.2 Å². The number of amides is 1. The molecule has 1 aromatic carbocycles. The van der Waals surface area contributed by atoms with E-state index in [2.05, 4.69) is 26.6 Å². The van der Waals surface area contributed by atoms with Gasteiger partial charge in [-0.15, -0.1) is 12.4 Å². The molecule has 1 heterocycles. The predicted molar refractivity (Wildman–Crippen MR) is 94.8 cm³/mol. The molecule has 1 amide bonds. The van der Waals surface area contributed by atoms with E-state index in [1.807, 2.05) is 25.1 Å². The second-order valence-electron chi connectivity index (χ2n) is 5.55. The lowest BCUT2D eigenvalue weighted by Crippen LogP contribution is -2.38. The standard InChI is InChI=1S/C16H23BrN2O2.ClH/c1-12-4-5-15(14(17)9-12)21-8-6-16(20)19-11-13-3-2-7-18-10-13;/h4-5,9,13,18H,2-3,6-8,10-11H2,1H3,(H,19,20);1H. The summed E-state index contributed by atoms with van der Waals surface area (Å²) in [4.78, 5) is 11.8. The first-order valence-electron chi connectivity index (χ1n) is 7.51. The van der Waals surface area contributed by atoms with Crippen LogP contribution in [0.2, 0.25) is 0 Å². The molecule has 1 aromatic rings. The van der Waals surface area contributed by atoms with Gasteiger partial charge in [-0.2, -0.15) is 0 Å². The van der Waals surface area contributed by atoms with E-state index in [4.69, 9.17) is 4.74 Å². The van der Waals surface area contributed by atoms with Crippen molar-refractivity contribution in [2.75, 3.05) is 26.2 Å². The Bertz CT molecular complexity index is 479. The van der Waals surface area contributed by atoms with Gasteiger partial charge in [-0.25, -0.2) is 0 Å². The van der Waals surface area contributed by atoms with E-state index in [1.54, 1.807) is 0 Å². The fourth-order valence-corrected chi connectivity index (χ4v) is 3.03. The number of piperidine rings is 1. The van der Waals surface area contributed by atoms with Gasteiger partial charge in [-0.3, -0.25) is 4.79 Å². The number of aryl methyl sites for hydroxylation is 1. The molecule has 6 heteroatoms. The van der Waals surface area contributed by atoms with Crippen LogP contribution in [-0.2, 0) is 4.79 Å². The van der Waals surface area contributed by atoms with Crippen LogP contribution in [0.3, 0.4) is 0 Å². The van der Waals surface area contributed by atoms with Gasteiger partial charge in [0.1, 0.15) is 5.75 Å². The zero-order chi connectivity index (χ0) is 15.1. The molecule has 0 bridgehead atoms. The molecule has 0 spiro atoms. The quantitative estimate of drug-likeness (QED) is 0.783. The average molecular weight is 392 g/mol. The minimum atomic E-state index is 0. The van der Waals surface area contributed by atoms with Crippen molar-refractivity contribution in [2.24, 2.45) is 5.92 Å². The lowest BCUT2D eigenvalue weighted by atomic mass is 10.00. The van der Waals surface area contributed by atoms with E-state index in [1.165, 1.54) is 18.4 Å². The summed E-state index contributed by atoms with van der Waals surface area (Å²) in [6.07, 6.45) is 2.78. The molecule has 1 unspecified atom stereocenters. The van der Waals surface area contributed by atoms with Crippen LogP contribution in [0.4, 0.5) is 0 Å². The average Bonchev–Trinajstić information content (AvgIpc) is 2.48. The molecule has 124 valence electrons. The number of hydrogen-bond acceptors (Lipinski definition) is 3. The van der Waals surface area contributed by atoms with Gasteiger partial charge in [0.25, 0.3) is 0 Å². The summed E-state index contributed by atoms with van der Waals surface area (Å²) in [6.45, 7) is 5.30. The Morgan fingerprint density at radius 1 is 1.50 bits per heavy atom. The summed E-state index contributed by atoms with van der Waals surface area (Å²) in [5, 5.41) is 6.34. The third-order valence-corrected chi connectivity index (χ3v) is 4.28. The third-order valence-electron chi connectivity index (χ3n) is 3.66. The molecule has 4 nitrogen and oxygen atoms in total. The number of hydrogen-bond donors (Lipinski definition) is 2. The maximum atomic E-state index is 11.8. The van der Waals surface area contributed by atoms with Gasteiger partial charge in [0, 0.05) is 6.54 Å². The summed E-state index contributed by atoms with van der Waals surface area (Å²) < 4.78 is 6.56. The Kier molecular flexibility index (Phi) is 8.83. The van der Waals surface area contributed by atoms with Gasteiger partial charge in [-0.1, -0.05) is 6.07 Å². The second kappa shape index (κ2) is 10.1. The molecule has 1 fully saturated rings. The van der Waals surface area contributed by atoms with Crippen LogP contribution in [0.15, 0.2) is 22.7 Å². The molecule has 1 saturated heterocycles. The maximum Gasteiger partial charge on any atom is 0.223 e. The van der Waals surface area contributed by atoms with Crippen molar-refractivity contribution in [3.63, 3.8) is 0 Å². The van der Waals surface area contributed by atoms with Crippen LogP contribution in [0.25, 0.3) is 0 Å². The Hall–Kier alpha value is -0.780. The molecule has 2 rings (SSSR count). The Morgan fingerprint density at radius 3 is 3.00 bits per heavy atom. The minimum Gasteiger partial charge on any atom is -0.492 e. The highest BCUT2D eigenvalue weighted by Crippen LogP contribution is 2.25. The number of halogens is 2. The summed E-state index contributed by atoms with van der Waals surface area (Å²) in [6, 6.07) is 5.92. The monoisotopic (exact) mass is 390 g/mol. The van der Waals surface area contributed by atoms with Gasteiger partial charge in [-0.05, 0) is 72.4 Å². The lowest BCUT2D eigenvalue weighted by Gasteiger charge is -2.22. The number of benzene rings is 1. The van der Waals surface area contributed by atoms with Gasteiger partial charge >= 0.3 is 0 Å². The lowest BCUT2D eigenvalue weighted by molar-refractivity contribution is -0.121. The normalized spacial score (nSPS) is 17.5. The molecule has 22 heavy (non-hydrogen) atoms. The Morgan fingerprint density at radius 2 is 2.32 bits per heavy atom. The number of carbonyl (C=O) groups excluding carboxylic acids is 1. The Balaban J connectivity index is 0.00000242. The largest absolute Gasteiger partial charge is 0.492 e.